The van der Waals surface area contributed by atoms with Crippen LogP contribution in [0.25, 0.3) is 5.57 Å². The van der Waals surface area contributed by atoms with E-state index in [4.69, 9.17) is 16.9 Å². The van der Waals surface area contributed by atoms with E-state index in [9.17, 15) is 0 Å². The summed E-state index contributed by atoms with van der Waals surface area (Å²) in [6.07, 6.45) is 1.75. The summed E-state index contributed by atoms with van der Waals surface area (Å²) in [6.45, 7) is 0. The van der Waals surface area contributed by atoms with Crippen LogP contribution in [-0.4, -0.2) is 19.0 Å². The fraction of sp³-hybridized carbons (Fsp3) is 0.182. The molecule has 0 amide bonds. The van der Waals surface area contributed by atoms with Gasteiger partial charge in [-0.05, 0) is 6.07 Å². The molecule has 1 aromatic rings. The smallest absolute Gasteiger partial charge is 0.101 e. The Kier molecular flexibility index (Phi) is 3.55. The predicted molar refractivity (Wildman–Crippen MR) is 58.7 cm³/mol. The van der Waals surface area contributed by atoms with Gasteiger partial charge >= 0.3 is 0 Å². The van der Waals surface area contributed by atoms with Crippen molar-refractivity contribution in [2.45, 2.75) is 0 Å². The predicted octanol–water partition coefficient (Wildman–Crippen LogP) is 2.77. The minimum absolute atomic E-state index is 0.570. The molecule has 72 valence electrons. The number of nitriles is 1. The highest BCUT2D eigenvalue weighted by molar-refractivity contribution is 6.32. The van der Waals surface area contributed by atoms with Gasteiger partial charge in [0.25, 0.3) is 0 Å². The number of allylic oxidation sites excluding steroid dienone is 1. The lowest BCUT2D eigenvalue weighted by Crippen LogP contribution is -2.02. The Morgan fingerprint density at radius 3 is 2.57 bits per heavy atom. The van der Waals surface area contributed by atoms with Gasteiger partial charge in [0.1, 0.15) is 6.07 Å². The number of hydrogen-bond acceptors (Lipinski definition) is 2. The first-order valence-corrected chi connectivity index (χ1v) is 4.56. The van der Waals surface area contributed by atoms with Crippen molar-refractivity contribution in [3.05, 3.63) is 41.1 Å². The third-order valence-electron chi connectivity index (χ3n) is 1.67. The van der Waals surface area contributed by atoms with Crippen molar-refractivity contribution in [3.63, 3.8) is 0 Å². The minimum atomic E-state index is 0.570. The molecular formula is C11H11ClN2. The molecule has 0 saturated carbocycles. The van der Waals surface area contributed by atoms with Crippen LogP contribution < -0.4 is 0 Å². The van der Waals surface area contributed by atoms with Crippen LogP contribution in [0, 0.1) is 11.3 Å². The van der Waals surface area contributed by atoms with E-state index in [0.717, 1.165) is 5.56 Å². The standard InChI is InChI=1S/C11H11ClN2/c1-14(2)8-9(7-13)10-5-3-4-6-11(10)12/h3-6,8H,1-2H3. The van der Waals surface area contributed by atoms with Gasteiger partial charge in [-0.3, -0.25) is 0 Å². The molecular weight excluding hydrogens is 196 g/mol. The Bertz CT molecular complexity index is 389. The zero-order valence-corrected chi connectivity index (χ0v) is 8.92. The topological polar surface area (TPSA) is 27.0 Å². The van der Waals surface area contributed by atoms with Gasteiger partial charge in [0, 0.05) is 30.9 Å². The molecule has 1 aromatic carbocycles. The van der Waals surface area contributed by atoms with E-state index in [0.29, 0.717) is 10.6 Å². The SMILES string of the molecule is CN(C)C=C(C#N)c1ccccc1Cl. The maximum absolute atomic E-state index is 8.95. The zero-order valence-electron chi connectivity index (χ0n) is 8.16. The van der Waals surface area contributed by atoms with Crippen molar-refractivity contribution < 1.29 is 0 Å². The summed E-state index contributed by atoms with van der Waals surface area (Å²) in [5, 5.41) is 9.55. The minimum Gasteiger partial charge on any atom is -0.382 e. The summed E-state index contributed by atoms with van der Waals surface area (Å²) in [6, 6.07) is 9.44. The number of nitrogens with zero attached hydrogens (tertiary/aromatic N) is 2. The second-order valence-electron chi connectivity index (χ2n) is 3.10. The molecule has 1 rings (SSSR count). The van der Waals surface area contributed by atoms with E-state index in [1.807, 2.05) is 37.2 Å². The van der Waals surface area contributed by atoms with Gasteiger partial charge in [0.15, 0.2) is 0 Å². The maximum atomic E-state index is 8.95. The Morgan fingerprint density at radius 2 is 2.07 bits per heavy atom. The summed E-state index contributed by atoms with van der Waals surface area (Å²) >= 11 is 5.97. The lowest BCUT2D eigenvalue weighted by molar-refractivity contribution is 0.566. The molecule has 3 heteroatoms. The number of benzene rings is 1. The first kappa shape index (κ1) is 10.6. The second-order valence-corrected chi connectivity index (χ2v) is 3.51. The Hall–Kier alpha value is -1.46. The van der Waals surface area contributed by atoms with Gasteiger partial charge in [0.05, 0.1) is 5.57 Å². The molecule has 0 fully saturated rings. The van der Waals surface area contributed by atoms with E-state index in [2.05, 4.69) is 6.07 Å². The van der Waals surface area contributed by atoms with Crippen molar-refractivity contribution in [3.8, 4) is 6.07 Å². The van der Waals surface area contributed by atoms with Gasteiger partial charge in [0.2, 0.25) is 0 Å². The molecule has 0 aliphatic heterocycles. The number of hydrogen-bond donors (Lipinski definition) is 0. The molecule has 0 aromatic heterocycles. The van der Waals surface area contributed by atoms with Crippen LogP contribution in [0.4, 0.5) is 0 Å². The monoisotopic (exact) mass is 206 g/mol. The molecule has 0 heterocycles. The lowest BCUT2D eigenvalue weighted by atomic mass is 10.1. The largest absolute Gasteiger partial charge is 0.382 e. The second kappa shape index (κ2) is 4.69. The molecule has 0 spiro atoms. The highest BCUT2D eigenvalue weighted by atomic mass is 35.5. The summed E-state index contributed by atoms with van der Waals surface area (Å²) in [4.78, 5) is 1.82. The molecule has 0 radical (unpaired) electrons. The van der Waals surface area contributed by atoms with Crippen LogP contribution in [0.1, 0.15) is 5.56 Å². The number of rotatable bonds is 2. The van der Waals surface area contributed by atoms with Crippen LogP contribution in [-0.2, 0) is 0 Å². The van der Waals surface area contributed by atoms with Crippen LogP contribution in [0.15, 0.2) is 30.5 Å². The van der Waals surface area contributed by atoms with Gasteiger partial charge < -0.3 is 4.90 Å². The van der Waals surface area contributed by atoms with Crippen LogP contribution >= 0.6 is 11.6 Å². The van der Waals surface area contributed by atoms with Gasteiger partial charge in [-0.25, -0.2) is 0 Å². The normalized spacial score (nSPS) is 10.9. The average Bonchev–Trinajstić information content (AvgIpc) is 2.15. The molecule has 0 atom stereocenters. The van der Waals surface area contributed by atoms with Gasteiger partial charge in [-0.15, -0.1) is 0 Å². The summed E-state index contributed by atoms with van der Waals surface area (Å²) in [5.41, 5.74) is 1.34. The van der Waals surface area contributed by atoms with Crippen LogP contribution in [0.5, 0.6) is 0 Å². The summed E-state index contributed by atoms with van der Waals surface area (Å²) in [7, 11) is 3.74. The third-order valence-corrected chi connectivity index (χ3v) is 2.00. The van der Waals surface area contributed by atoms with Crippen molar-refractivity contribution in [1.82, 2.24) is 4.90 Å². The van der Waals surface area contributed by atoms with Crippen LogP contribution in [0.3, 0.4) is 0 Å². The van der Waals surface area contributed by atoms with E-state index in [1.165, 1.54) is 0 Å². The quantitative estimate of drug-likeness (QED) is 0.696. The highest BCUT2D eigenvalue weighted by Gasteiger charge is 2.04. The Balaban J connectivity index is 3.16. The molecule has 0 aliphatic carbocycles. The third kappa shape index (κ3) is 2.51. The number of halogens is 1. The Morgan fingerprint density at radius 1 is 1.43 bits per heavy atom. The van der Waals surface area contributed by atoms with E-state index in [1.54, 1.807) is 12.3 Å². The van der Waals surface area contributed by atoms with Crippen molar-refractivity contribution in [2.75, 3.05) is 14.1 Å². The van der Waals surface area contributed by atoms with Crippen molar-refractivity contribution in [1.29, 1.82) is 5.26 Å². The van der Waals surface area contributed by atoms with Crippen LogP contribution in [0.2, 0.25) is 5.02 Å². The highest BCUT2D eigenvalue weighted by Crippen LogP contribution is 2.22. The fourth-order valence-corrected chi connectivity index (χ4v) is 1.33. The maximum Gasteiger partial charge on any atom is 0.101 e. The first-order valence-electron chi connectivity index (χ1n) is 4.18. The first-order chi connectivity index (χ1) is 6.65. The molecule has 14 heavy (non-hydrogen) atoms. The molecule has 2 nitrogen and oxygen atoms in total. The average molecular weight is 207 g/mol. The van der Waals surface area contributed by atoms with E-state index < -0.39 is 0 Å². The molecule has 0 bridgehead atoms. The van der Waals surface area contributed by atoms with Crippen molar-refractivity contribution >= 4 is 17.2 Å². The molecule has 0 aliphatic rings. The van der Waals surface area contributed by atoms with E-state index in [-0.39, 0.29) is 0 Å². The zero-order chi connectivity index (χ0) is 10.6. The fourth-order valence-electron chi connectivity index (χ4n) is 1.10. The molecule has 0 N–H and O–H groups in total. The lowest BCUT2D eigenvalue weighted by Gasteiger charge is -2.07. The molecule has 0 unspecified atom stereocenters. The van der Waals surface area contributed by atoms with Gasteiger partial charge in [-0.2, -0.15) is 5.26 Å². The van der Waals surface area contributed by atoms with Crippen molar-refractivity contribution in [2.24, 2.45) is 0 Å². The van der Waals surface area contributed by atoms with Gasteiger partial charge in [-0.1, -0.05) is 29.8 Å². The Labute approximate surface area is 89.0 Å². The molecule has 0 saturated heterocycles. The van der Waals surface area contributed by atoms with E-state index >= 15 is 0 Å². The summed E-state index contributed by atoms with van der Waals surface area (Å²) < 4.78 is 0. The summed E-state index contributed by atoms with van der Waals surface area (Å²) in [5.74, 6) is 0.